The monoisotopic (exact) mass is 997 g/mol. The van der Waals surface area contributed by atoms with Gasteiger partial charge in [-0.3, -0.25) is 0 Å². The lowest BCUT2D eigenvalue weighted by Gasteiger charge is -2.04. The lowest BCUT2D eigenvalue weighted by molar-refractivity contribution is 0.532. The molecule has 0 N–H and O–H groups in total. The highest BCUT2D eigenvalue weighted by molar-refractivity contribution is 7.94. The molecule has 0 radical (unpaired) electrons. The molecule has 4 heterocycles. The van der Waals surface area contributed by atoms with Crippen LogP contribution in [0.25, 0.3) is 46.4 Å². The summed E-state index contributed by atoms with van der Waals surface area (Å²) in [6.07, 6.45) is 49.9. The largest absolute Gasteiger partial charge is 0.219 e. The Bertz CT molecular complexity index is 2420. The fraction of sp³-hybridized carbons (Fsp3) is 0.567. The summed E-state index contributed by atoms with van der Waals surface area (Å²) in [5.41, 5.74) is 4.14. The van der Waals surface area contributed by atoms with E-state index in [1.165, 1.54) is 241 Å². The van der Waals surface area contributed by atoms with E-state index in [1.54, 1.807) is 24.3 Å². The van der Waals surface area contributed by atoms with E-state index >= 15 is 0 Å². The lowest BCUT2D eigenvalue weighted by atomic mass is 10.0. The third-order valence-corrected chi connectivity index (χ3v) is 20.8. The van der Waals surface area contributed by atoms with Crippen LogP contribution in [0.1, 0.15) is 233 Å². The van der Waals surface area contributed by atoms with Crippen molar-refractivity contribution < 1.29 is 8.42 Å². The van der Waals surface area contributed by atoms with Crippen LogP contribution in [0.2, 0.25) is 0 Å². The predicted octanol–water partition coefficient (Wildman–Crippen LogP) is 21.8. The third kappa shape index (κ3) is 17.7. The first-order valence-electron chi connectivity index (χ1n) is 27.1. The number of aryl methyl sites for hydroxylation is 2. The number of hydrogen-bond acceptors (Lipinski definition) is 6. The summed E-state index contributed by atoms with van der Waals surface area (Å²) in [5, 5.41) is 1.46. The quantitative estimate of drug-likeness (QED) is 0.0365. The molecule has 0 aliphatic heterocycles. The summed E-state index contributed by atoms with van der Waals surface area (Å²) in [6.45, 7) is 4.60. The number of fused-ring (bicyclic) bond motifs is 5. The van der Waals surface area contributed by atoms with Gasteiger partial charge in [0.15, 0.2) is 9.84 Å². The molecule has 0 bridgehead atoms. The maximum atomic E-state index is 13.5. The van der Waals surface area contributed by atoms with Crippen LogP contribution in [-0.2, 0) is 22.7 Å². The molecule has 4 aromatic heterocycles. The van der Waals surface area contributed by atoms with Crippen LogP contribution in [0, 0.1) is 0 Å². The highest BCUT2D eigenvalue weighted by atomic mass is 32.2. The van der Waals surface area contributed by atoms with Crippen LogP contribution >= 0.6 is 45.3 Å². The highest BCUT2D eigenvalue weighted by Gasteiger charge is 2.23. The highest BCUT2D eigenvalue weighted by Crippen LogP contribution is 2.53. The van der Waals surface area contributed by atoms with E-state index in [2.05, 4.69) is 56.3 Å². The second-order valence-corrected chi connectivity index (χ2v) is 25.4. The molecule has 67 heavy (non-hydrogen) atoms. The molecule has 2 aromatic carbocycles. The van der Waals surface area contributed by atoms with Gasteiger partial charge in [-0.05, 0) is 66.7 Å². The number of hydrogen-bond donors (Lipinski definition) is 0. The van der Waals surface area contributed by atoms with Gasteiger partial charge in [-0.1, -0.05) is 248 Å². The van der Waals surface area contributed by atoms with E-state index < -0.39 is 9.84 Å². The van der Waals surface area contributed by atoms with E-state index in [0.29, 0.717) is 4.90 Å². The van der Waals surface area contributed by atoms with Crippen molar-refractivity contribution in [3.63, 3.8) is 0 Å². The zero-order valence-electron chi connectivity index (χ0n) is 41.6. The van der Waals surface area contributed by atoms with Crippen molar-refractivity contribution in [1.29, 1.82) is 0 Å². The van der Waals surface area contributed by atoms with Crippen LogP contribution in [-0.4, -0.2) is 8.42 Å². The first-order chi connectivity index (χ1) is 33.0. The van der Waals surface area contributed by atoms with Crippen LogP contribution < -0.4 is 0 Å². The van der Waals surface area contributed by atoms with Gasteiger partial charge in [-0.15, -0.1) is 45.3 Å². The molecule has 0 saturated carbocycles. The van der Waals surface area contributed by atoms with Crippen LogP contribution in [0.15, 0.2) is 71.0 Å². The maximum absolute atomic E-state index is 13.5. The molecular weight excluding hydrogens is 913 g/mol. The van der Waals surface area contributed by atoms with Crippen molar-refractivity contribution in [2.24, 2.45) is 0 Å². The van der Waals surface area contributed by atoms with Crippen molar-refractivity contribution in [2.75, 3.05) is 0 Å². The molecule has 0 spiro atoms. The molecule has 7 heteroatoms. The summed E-state index contributed by atoms with van der Waals surface area (Å²) in [5.74, 6) is 0. The second-order valence-electron chi connectivity index (χ2n) is 19.4. The molecule has 6 rings (SSSR count). The minimum absolute atomic E-state index is 0.355. The standard InChI is InChI=1S/C60H84O2S5/c1-3-5-7-9-11-13-15-17-19-21-23-25-27-29-37-43-51-53(46-45-49-39-33-31-34-40-49)63-57-55(51)65-60-58-56(66-59(57)60)52(54(64-58)47-48-67(61,62)50-41-35-32-36-42-50)44-38-30-28-26-24-22-20-18-16-14-12-10-8-6-4-2/h31-36,39-42,45-48H,3-30,37-38,43-44H2,1-2H3/b46-45+,48-47+. The van der Waals surface area contributed by atoms with Crippen molar-refractivity contribution >= 4 is 102 Å². The van der Waals surface area contributed by atoms with Gasteiger partial charge in [0.2, 0.25) is 0 Å². The van der Waals surface area contributed by atoms with E-state index in [9.17, 15) is 8.42 Å². The van der Waals surface area contributed by atoms with Crippen LogP contribution in [0.5, 0.6) is 0 Å². The lowest BCUT2D eigenvalue weighted by Crippen LogP contribution is -1.95. The number of rotatable bonds is 37. The number of sulfone groups is 1. The molecule has 6 aromatic rings. The maximum Gasteiger partial charge on any atom is 0.199 e. The van der Waals surface area contributed by atoms with E-state index in [4.69, 9.17) is 0 Å². The Morgan fingerprint density at radius 2 is 0.687 bits per heavy atom. The van der Waals surface area contributed by atoms with Crippen molar-refractivity contribution in [3.8, 4) is 0 Å². The van der Waals surface area contributed by atoms with Gasteiger partial charge in [-0.2, -0.15) is 0 Å². The number of benzene rings is 2. The topological polar surface area (TPSA) is 34.1 Å². The average Bonchev–Trinajstić information content (AvgIpc) is 4.08. The second kappa shape index (κ2) is 30.9. The van der Waals surface area contributed by atoms with Gasteiger partial charge in [-0.25, -0.2) is 8.42 Å². The normalized spacial score (nSPS) is 12.4. The van der Waals surface area contributed by atoms with Crippen molar-refractivity contribution in [1.82, 2.24) is 0 Å². The molecular formula is C60H84O2S5. The Hall–Kier alpha value is -2.55. The van der Waals surface area contributed by atoms with Gasteiger partial charge in [0.25, 0.3) is 0 Å². The Morgan fingerprint density at radius 3 is 1.07 bits per heavy atom. The predicted molar refractivity (Wildman–Crippen MR) is 306 cm³/mol. The van der Waals surface area contributed by atoms with E-state index in [0.717, 1.165) is 24.1 Å². The molecule has 0 fully saturated rings. The summed E-state index contributed by atoms with van der Waals surface area (Å²) >= 11 is 7.78. The molecule has 0 amide bonds. The zero-order chi connectivity index (χ0) is 46.8. The number of unbranched alkanes of at least 4 members (excludes halogenated alkanes) is 28. The van der Waals surface area contributed by atoms with Crippen LogP contribution in [0.4, 0.5) is 0 Å². The van der Waals surface area contributed by atoms with Gasteiger partial charge < -0.3 is 0 Å². The molecule has 366 valence electrons. The Morgan fingerprint density at radius 1 is 0.358 bits per heavy atom. The van der Waals surface area contributed by atoms with Crippen molar-refractivity contribution in [2.45, 2.75) is 224 Å². The summed E-state index contributed by atoms with van der Waals surface area (Å²) in [7, 11) is -3.54. The van der Waals surface area contributed by atoms with Crippen molar-refractivity contribution in [3.05, 3.63) is 92.5 Å². The fourth-order valence-corrected chi connectivity index (χ4v) is 16.9. The van der Waals surface area contributed by atoms with Gasteiger partial charge in [0, 0.05) is 15.2 Å². The Balaban J connectivity index is 1.10. The molecule has 0 aliphatic rings. The van der Waals surface area contributed by atoms with E-state index in [1.807, 2.05) is 57.5 Å². The first-order valence-corrected chi connectivity index (χ1v) is 31.9. The third-order valence-electron chi connectivity index (χ3n) is 13.8. The summed E-state index contributed by atoms with van der Waals surface area (Å²) < 4.78 is 35.4. The fourth-order valence-electron chi connectivity index (χ4n) is 9.71. The Labute approximate surface area is 423 Å². The first kappa shape index (κ1) is 53.8. The molecule has 0 aliphatic carbocycles. The Kier molecular flexibility index (Phi) is 24.8. The molecule has 2 nitrogen and oxygen atoms in total. The molecule has 0 unspecified atom stereocenters. The zero-order valence-corrected chi connectivity index (χ0v) is 45.7. The summed E-state index contributed by atoms with van der Waals surface area (Å²) in [4.78, 5) is 2.89. The van der Waals surface area contributed by atoms with Crippen LogP contribution in [0.3, 0.4) is 0 Å². The van der Waals surface area contributed by atoms with Gasteiger partial charge >= 0.3 is 0 Å². The minimum Gasteiger partial charge on any atom is -0.219 e. The number of thiophene rings is 4. The average molecular weight is 998 g/mol. The van der Waals surface area contributed by atoms with Gasteiger partial charge in [0.1, 0.15) is 0 Å². The summed E-state index contributed by atoms with van der Waals surface area (Å²) in [6, 6.07) is 19.6. The molecule has 0 saturated heterocycles. The molecule has 0 atom stereocenters. The van der Waals surface area contributed by atoms with Gasteiger partial charge in [0.05, 0.1) is 33.1 Å². The smallest absolute Gasteiger partial charge is 0.199 e. The SMILES string of the molecule is CCCCCCCCCCCCCCCCCc1c(/C=C/c2ccccc2)sc2c1sc1c3sc(/C=C/S(=O)(=O)c4ccccc4)c(CCCCCCCCCCCCCCCCC)c3sc21. The minimum atomic E-state index is -3.54. The van der Waals surface area contributed by atoms with E-state index in [-0.39, 0.29) is 0 Å².